The van der Waals surface area contributed by atoms with Crippen LogP contribution in [0.25, 0.3) is 66.7 Å². The van der Waals surface area contributed by atoms with Crippen LogP contribution in [-0.4, -0.2) is 9.97 Å². The predicted molar refractivity (Wildman–Crippen MR) is 176 cm³/mol. The third-order valence-electron chi connectivity index (χ3n) is 8.46. The number of nitrogens with zero attached hydrogens (tertiary/aromatic N) is 2. The zero-order valence-corrected chi connectivity index (χ0v) is 22.5. The van der Waals surface area contributed by atoms with E-state index in [0.717, 1.165) is 5.56 Å². The number of aromatic nitrogens is 2. The molecule has 0 fully saturated rings. The van der Waals surface area contributed by atoms with E-state index in [2.05, 4.69) is 9.97 Å². The maximum absolute atomic E-state index is 9.86. The quantitative estimate of drug-likeness (QED) is 0.206. The van der Waals surface area contributed by atoms with E-state index in [1.54, 1.807) is 18.2 Å². The monoisotopic (exact) mass is 575 g/mol. The molecule has 6 aromatic carbocycles. The van der Waals surface area contributed by atoms with Gasteiger partial charge in [-0.2, -0.15) is 0 Å². The Labute approximate surface area is 275 Å². The van der Waals surface area contributed by atoms with E-state index in [-0.39, 0.29) is 55.6 Å². The smallest absolute Gasteiger partial charge is 0.180 e. The molecule has 0 saturated carbocycles. The van der Waals surface area contributed by atoms with Crippen molar-refractivity contribution in [2.75, 3.05) is 0 Å². The van der Waals surface area contributed by atoms with Crippen LogP contribution in [0.15, 0.2) is 150 Å². The van der Waals surface area contributed by atoms with Crippen molar-refractivity contribution in [1.82, 2.24) is 9.97 Å². The fourth-order valence-electron chi connectivity index (χ4n) is 6.65. The lowest BCUT2D eigenvalue weighted by Gasteiger charge is -2.30. The maximum Gasteiger partial charge on any atom is 0.180 e. The van der Waals surface area contributed by atoms with Gasteiger partial charge in [0.2, 0.25) is 0 Å². The van der Waals surface area contributed by atoms with Gasteiger partial charge < -0.3 is 4.42 Å². The largest absolute Gasteiger partial charge is 0.452 e. The molecule has 0 bridgehead atoms. The Morgan fingerprint density at radius 1 is 0.568 bits per heavy atom. The SMILES string of the molecule is [2H]c1c([2H])c([2H])c2c(c1[2H])-c1c([2H])c([2H])c([2H])c([2H])c1C21c2c([2H])c([2H])c([2H])c([2H])c2-c2c([2H])c(-c3ccc4oc5c(-c6ccccc6)ncnc5c4c3)c([2H])c([2H])c21. The Kier molecular flexibility index (Phi) is 2.68. The highest BCUT2D eigenvalue weighted by Crippen LogP contribution is 2.62. The Morgan fingerprint density at radius 2 is 1.20 bits per heavy atom. The second-order valence-corrected chi connectivity index (χ2v) is 10.6. The average molecular weight is 576 g/mol. The van der Waals surface area contributed by atoms with Gasteiger partial charge in [-0.1, -0.05) is 121 Å². The zero-order chi connectivity index (χ0) is 41.9. The third-order valence-corrected chi connectivity index (χ3v) is 8.46. The molecule has 10 rings (SSSR count). The Morgan fingerprint density at radius 3 is 1.91 bits per heavy atom. The summed E-state index contributed by atoms with van der Waals surface area (Å²) < 4.78 is 143. The summed E-state index contributed by atoms with van der Waals surface area (Å²) >= 11 is 0. The summed E-state index contributed by atoms with van der Waals surface area (Å²) in [4.78, 5) is 8.93. The van der Waals surface area contributed by atoms with Crippen LogP contribution in [0.3, 0.4) is 0 Å². The fourth-order valence-corrected chi connectivity index (χ4v) is 6.65. The lowest BCUT2D eigenvalue weighted by atomic mass is 9.70. The van der Waals surface area contributed by atoms with Crippen molar-refractivity contribution in [3.8, 4) is 44.6 Å². The van der Waals surface area contributed by atoms with Gasteiger partial charge in [-0.05, 0) is 73.8 Å². The first-order chi connectivity index (χ1) is 28.1. The van der Waals surface area contributed by atoms with E-state index in [0.29, 0.717) is 27.8 Å². The highest BCUT2D eigenvalue weighted by atomic mass is 16.3. The van der Waals surface area contributed by atoms with Crippen LogP contribution in [0.5, 0.6) is 0 Å². The summed E-state index contributed by atoms with van der Waals surface area (Å²) in [6, 6.07) is 4.03. The molecule has 3 nitrogen and oxygen atoms in total. The van der Waals surface area contributed by atoms with Crippen LogP contribution in [-0.2, 0) is 5.41 Å². The number of hydrogen-bond donors (Lipinski definition) is 0. The minimum Gasteiger partial charge on any atom is -0.452 e. The van der Waals surface area contributed by atoms with Crippen molar-refractivity contribution in [2.45, 2.75) is 5.41 Å². The van der Waals surface area contributed by atoms with Crippen molar-refractivity contribution in [3.05, 3.63) is 168 Å². The van der Waals surface area contributed by atoms with Gasteiger partial charge in [-0.15, -0.1) is 0 Å². The molecule has 0 unspecified atom stereocenters. The molecule has 2 aliphatic rings. The molecule has 0 saturated heterocycles. The highest BCUT2D eigenvalue weighted by molar-refractivity contribution is 6.07. The summed E-state index contributed by atoms with van der Waals surface area (Å²) in [6.07, 6.45) is 1.39. The molecule has 3 heteroatoms. The first-order valence-corrected chi connectivity index (χ1v) is 13.8. The molecule has 0 radical (unpaired) electrons. The summed E-state index contributed by atoms with van der Waals surface area (Å²) in [5.74, 6) is 0. The molecule has 0 atom stereocenters. The van der Waals surface area contributed by atoms with Crippen molar-refractivity contribution in [1.29, 1.82) is 0 Å². The Bertz CT molecular complexity index is 3220. The summed E-state index contributed by atoms with van der Waals surface area (Å²) in [6.45, 7) is 0. The van der Waals surface area contributed by atoms with Gasteiger partial charge in [0.15, 0.2) is 5.58 Å². The van der Waals surface area contributed by atoms with E-state index in [1.165, 1.54) is 6.33 Å². The molecule has 2 aliphatic carbocycles. The topological polar surface area (TPSA) is 38.9 Å². The minimum atomic E-state index is -2.42. The number of hydrogen-bond acceptors (Lipinski definition) is 3. The van der Waals surface area contributed by atoms with Crippen LogP contribution in [0, 0.1) is 0 Å². The molecule has 0 aliphatic heterocycles. The Hall–Kier alpha value is -5.80. The molecule has 2 aromatic heterocycles. The number of rotatable bonds is 2. The van der Waals surface area contributed by atoms with Crippen molar-refractivity contribution in [2.24, 2.45) is 0 Å². The van der Waals surface area contributed by atoms with Crippen LogP contribution >= 0.6 is 0 Å². The summed E-state index contributed by atoms with van der Waals surface area (Å²) in [5, 5.41) is 0.493. The van der Waals surface area contributed by atoms with Gasteiger partial charge in [0, 0.05) is 10.9 Å². The van der Waals surface area contributed by atoms with Crippen LogP contribution in [0.2, 0.25) is 0 Å². The van der Waals surface area contributed by atoms with Gasteiger partial charge >= 0.3 is 0 Å². The normalized spacial score (nSPS) is 18.4. The van der Waals surface area contributed by atoms with Crippen LogP contribution in [0.4, 0.5) is 0 Å². The lowest BCUT2D eigenvalue weighted by Crippen LogP contribution is -2.25. The molecule has 204 valence electrons. The van der Waals surface area contributed by atoms with E-state index < -0.39 is 96.1 Å². The molecule has 44 heavy (non-hydrogen) atoms. The van der Waals surface area contributed by atoms with Gasteiger partial charge in [0.1, 0.15) is 23.1 Å². The van der Waals surface area contributed by atoms with E-state index in [1.807, 2.05) is 30.3 Å². The third kappa shape index (κ3) is 2.96. The maximum atomic E-state index is 9.86. The van der Waals surface area contributed by atoms with Crippen molar-refractivity contribution >= 4 is 22.1 Å². The van der Waals surface area contributed by atoms with Crippen molar-refractivity contribution < 1.29 is 25.0 Å². The molecular formula is C41H24N2O. The highest BCUT2D eigenvalue weighted by Gasteiger charge is 2.51. The van der Waals surface area contributed by atoms with Crippen LogP contribution in [0.1, 0.15) is 42.8 Å². The van der Waals surface area contributed by atoms with Gasteiger partial charge in [0.05, 0.1) is 26.0 Å². The minimum absolute atomic E-state index is 0.110. The fraction of sp³-hybridized carbons (Fsp3) is 0.0244. The predicted octanol–water partition coefficient (Wildman–Crippen LogP) is 10.1. The standard InChI is InChI=1S/C41H24N2O/c1-2-10-25(11-3-1)38-40-39(43-24-42-38)32-23-27(19-21-37(32)44-40)26-18-20-36-31(22-26)30-14-6-9-17-35(30)41(36)33-15-7-4-12-28(33)29-13-5-8-16-34(29)41/h1-24H/i4D,5D,6D,7D,8D,9D,12D,13D,14D,15D,16D,17D,18D,20D,22D. The average Bonchev–Trinajstić information content (AvgIpc) is 3.88. The molecule has 2 heterocycles. The van der Waals surface area contributed by atoms with Gasteiger partial charge in [-0.25, -0.2) is 9.97 Å². The molecule has 0 amide bonds. The van der Waals surface area contributed by atoms with E-state index in [9.17, 15) is 9.60 Å². The second kappa shape index (κ2) is 8.62. The van der Waals surface area contributed by atoms with Crippen molar-refractivity contribution in [3.63, 3.8) is 0 Å². The molecule has 1 spiro atoms. The van der Waals surface area contributed by atoms with E-state index in [4.69, 9.17) is 15.4 Å². The summed E-state index contributed by atoms with van der Waals surface area (Å²) in [7, 11) is 0. The number of furan rings is 1. The number of fused-ring (bicyclic) bond motifs is 13. The zero-order valence-electron chi connectivity index (χ0n) is 37.5. The van der Waals surface area contributed by atoms with Crippen LogP contribution < -0.4 is 0 Å². The van der Waals surface area contributed by atoms with Gasteiger partial charge in [-0.3, -0.25) is 0 Å². The van der Waals surface area contributed by atoms with E-state index >= 15 is 0 Å². The second-order valence-electron chi connectivity index (χ2n) is 10.6. The first kappa shape index (κ1) is 13.7. The molecular weight excluding hydrogens is 536 g/mol. The molecule has 0 N–H and O–H groups in total. The van der Waals surface area contributed by atoms with Gasteiger partial charge in [0.25, 0.3) is 0 Å². The first-order valence-electron chi connectivity index (χ1n) is 21.3. The summed E-state index contributed by atoms with van der Waals surface area (Å²) in [5.41, 5.74) is -2.35. The Balaban J connectivity index is 1.38. The lowest BCUT2D eigenvalue weighted by molar-refractivity contribution is 0.667. The molecule has 8 aromatic rings. The number of benzene rings is 6.